The van der Waals surface area contributed by atoms with Gasteiger partial charge in [0.2, 0.25) is 0 Å². The number of hydrogen-bond donors (Lipinski definition) is 1. The maximum atomic E-state index is 12.0. The van der Waals surface area contributed by atoms with Crippen molar-refractivity contribution in [2.75, 3.05) is 13.1 Å². The van der Waals surface area contributed by atoms with Crippen molar-refractivity contribution in [3.05, 3.63) is 0 Å². The van der Waals surface area contributed by atoms with Gasteiger partial charge < -0.3 is 9.84 Å². The summed E-state index contributed by atoms with van der Waals surface area (Å²) in [4.78, 5) is 21.5. The van der Waals surface area contributed by atoms with E-state index < -0.39 is 37.4 Å². The predicted octanol–water partition coefficient (Wildman–Crippen LogP) is 1.48. The third-order valence-electron chi connectivity index (χ3n) is 1.29. The van der Waals surface area contributed by atoms with Crippen molar-refractivity contribution in [2.24, 2.45) is 0 Å². The summed E-state index contributed by atoms with van der Waals surface area (Å²) < 4.78 is 40.5. The molecule has 5 nitrogen and oxygen atoms in total. The zero-order chi connectivity index (χ0) is 12.9. The van der Waals surface area contributed by atoms with Gasteiger partial charge in [-0.1, -0.05) is 0 Å². The normalized spacial score (nSPS) is 11.4. The molecular formula is C8H12F3NO4. The molecule has 0 aliphatic heterocycles. The van der Waals surface area contributed by atoms with Crippen molar-refractivity contribution < 1.29 is 32.6 Å². The summed E-state index contributed by atoms with van der Waals surface area (Å²) in [7, 11) is 0. The number of amides is 1. The van der Waals surface area contributed by atoms with E-state index in [1.54, 1.807) is 0 Å². The zero-order valence-corrected chi connectivity index (χ0v) is 8.74. The molecule has 0 bridgehead atoms. The van der Waals surface area contributed by atoms with E-state index in [9.17, 15) is 22.8 Å². The Bertz CT molecular complexity index is 264. The van der Waals surface area contributed by atoms with Crippen molar-refractivity contribution in [1.29, 1.82) is 0 Å². The maximum absolute atomic E-state index is 12.0. The zero-order valence-electron chi connectivity index (χ0n) is 8.74. The van der Waals surface area contributed by atoms with Crippen molar-refractivity contribution in [2.45, 2.75) is 26.1 Å². The highest BCUT2D eigenvalue weighted by molar-refractivity contribution is 5.76. The van der Waals surface area contributed by atoms with E-state index >= 15 is 0 Å². The van der Waals surface area contributed by atoms with E-state index in [2.05, 4.69) is 4.74 Å². The number of rotatable bonds is 4. The molecule has 0 fully saturated rings. The van der Waals surface area contributed by atoms with Gasteiger partial charge in [-0.2, -0.15) is 13.2 Å². The minimum absolute atomic E-state index is 0.0856. The molecule has 0 aromatic carbocycles. The molecule has 8 heteroatoms. The molecule has 0 heterocycles. The number of halogens is 3. The van der Waals surface area contributed by atoms with Gasteiger partial charge in [0.15, 0.2) is 0 Å². The molecular weight excluding hydrogens is 231 g/mol. The lowest BCUT2D eigenvalue weighted by molar-refractivity contribution is -0.151. The fourth-order valence-corrected chi connectivity index (χ4v) is 0.841. The van der Waals surface area contributed by atoms with Gasteiger partial charge in [0.25, 0.3) is 0 Å². The molecule has 0 aromatic heterocycles. The number of hydrogen-bond acceptors (Lipinski definition) is 3. The second-order valence-electron chi connectivity index (χ2n) is 3.30. The van der Waals surface area contributed by atoms with Crippen LogP contribution >= 0.6 is 0 Å². The van der Waals surface area contributed by atoms with E-state index in [-0.39, 0.29) is 4.90 Å². The molecule has 0 spiro atoms. The summed E-state index contributed by atoms with van der Waals surface area (Å²) in [6, 6.07) is 0. The first-order valence-electron chi connectivity index (χ1n) is 4.36. The van der Waals surface area contributed by atoms with Crippen LogP contribution in [0.4, 0.5) is 18.0 Å². The van der Waals surface area contributed by atoms with Crippen LogP contribution in [-0.2, 0) is 9.53 Å². The van der Waals surface area contributed by atoms with Gasteiger partial charge in [0.05, 0.1) is 6.10 Å². The van der Waals surface area contributed by atoms with Crippen LogP contribution in [0.5, 0.6) is 0 Å². The Morgan fingerprint density at radius 3 is 2.19 bits per heavy atom. The van der Waals surface area contributed by atoms with Crippen molar-refractivity contribution in [1.82, 2.24) is 4.90 Å². The largest absolute Gasteiger partial charge is 0.480 e. The highest BCUT2D eigenvalue weighted by atomic mass is 19.4. The molecule has 94 valence electrons. The maximum Gasteiger partial charge on any atom is 0.410 e. The van der Waals surface area contributed by atoms with E-state index in [0.29, 0.717) is 0 Å². The smallest absolute Gasteiger partial charge is 0.410 e. The summed E-state index contributed by atoms with van der Waals surface area (Å²) >= 11 is 0. The van der Waals surface area contributed by atoms with Gasteiger partial charge in [0, 0.05) is 0 Å². The lowest BCUT2D eigenvalue weighted by Crippen LogP contribution is -2.43. The Labute approximate surface area is 89.8 Å². The Hall–Kier alpha value is -1.47. The summed E-state index contributed by atoms with van der Waals surface area (Å²) in [5.74, 6) is -1.54. The summed E-state index contributed by atoms with van der Waals surface area (Å²) in [6.45, 7) is 0.199. The number of ether oxygens (including phenoxy) is 1. The van der Waals surface area contributed by atoms with Gasteiger partial charge in [0.1, 0.15) is 13.1 Å². The highest BCUT2D eigenvalue weighted by Gasteiger charge is 2.34. The minimum Gasteiger partial charge on any atom is -0.480 e. The molecule has 0 aliphatic carbocycles. The predicted molar refractivity (Wildman–Crippen MR) is 46.9 cm³/mol. The molecule has 0 rings (SSSR count). The first-order chi connectivity index (χ1) is 7.11. The number of carbonyl (C=O) groups excluding carboxylic acids is 1. The average Bonchev–Trinajstić information content (AvgIpc) is 1.97. The number of carboxylic acids is 1. The summed E-state index contributed by atoms with van der Waals surface area (Å²) in [5.41, 5.74) is 0. The molecule has 0 aliphatic rings. The molecule has 1 amide bonds. The van der Waals surface area contributed by atoms with Crippen LogP contribution in [-0.4, -0.2) is 47.4 Å². The standard InChI is InChI=1S/C8H12F3NO4/c1-5(2)16-7(15)12(3-6(13)14)4-8(9,10)11/h5H,3-4H2,1-2H3,(H,13,14). The van der Waals surface area contributed by atoms with Crippen molar-refractivity contribution >= 4 is 12.1 Å². The van der Waals surface area contributed by atoms with Crippen molar-refractivity contribution in [3.8, 4) is 0 Å². The Morgan fingerprint density at radius 2 is 1.88 bits per heavy atom. The molecule has 0 unspecified atom stereocenters. The molecule has 1 N–H and O–H groups in total. The quantitative estimate of drug-likeness (QED) is 0.812. The van der Waals surface area contributed by atoms with Gasteiger partial charge >= 0.3 is 18.2 Å². The Morgan fingerprint density at radius 1 is 1.38 bits per heavy atom. The molecule has 0 saturated carbocycles. The third-order valence-corrected chi connectivity index (χ3v) is 1.29. The van der Waals surface area contributed by atoms with Crippen LogP contribution in [0, 0.1) is 0 Å². The van der Waals surface area contributed by atoms with E-state index in [1.165, 1.54) is 13.8 Å². The lowest BCUT2D eigenvalue weighted by atomic mass is 10.4. The van der Waals surface area contributed by atoms with E-state index in [4.69, 9.17) is 5.11 Å². The molecule has 16 heavy (non-hydrogen) atoms. The van der Waals surface area contributed by atoms with Crippen LogP contribution in [0.15, 0.2) is 0 Å². The number of aliphatic carboxylic acids is 1. The third kappa shape index (κ3) is 6.91. The Kier molecular flexibility index (Phi) is 5.06. The van der Waals surface area contributed by atoms with Crippen LogP contribution in [0.2, 0.25) is 0 Å². The lowest BCUT2D eigenvalue weighted by Gasteiger charge is -2.22. The van der Waals surface area contributed by atoms with Crippen LogP contribution in [0.25, 0.3) is 0 Å². The summed E-state index contributed by atoms with van der Waals surface area (Å²) in [6.07, 6.45) is -6.57. The van der Waals surface area contributed by atoms with Gasteiger partial charge in [-0.05, 0) is 13.8 Å². The molecule has 0 aromatic rings. The topological polar surface area (TPSA) is 66.8 Å². The Balaban J connectivity index is 4.53. The highest BCUT2D eigenvalue weighted by Crippen LogP contribution is 2.17. The summed E-state index contributed by atoms with van der Waals surface area (Å²) in [5, 5.41) is 8.35. The first-order valence-corrected chi connectivity index (χ1v) is 4.36. The van der Waals surface area contributed by atoms with Crippen LogP contribution in [0.1, 0.15) is 13.8 Å². The van der Waals surface area contributed by atoms with Crippen LogP contribution in [0.3, 0.4) is 0 Å². The minimum atomic E-state index is -4.66. The van der Waals surface area contributed by atoms with Gasteiger partial charge in [-0.25, -0.2) is 4.79 Å². The van der Waals surface area contributed by atoms with E-state index in [0.717, 1.165) is 0 Å². The van der Waals surface area contributed by atoms with Crippen molar-refractivity contribution in [3.63, 3.8) is 0 Å². The molecule has 0 saturated heterocycles. The first kappa shape index (κ1) is 14.5. The van der Waals surface area contributed by atoms with E-state index in [1.807, 2.05) is 0 Å². The van der Waals surface area contributed by atoms with Crippen LogP contribution < -0.4 is 0 Å². The number of carboxylic acid groups (broad SMARTS) is 1. The molecule has 0 atom stereocenters. The monoisotopic (exact) mass is 243 g/mol. The van der Waals surface area contributed by atoms with Gasteiger partial charge in [-0.3, -0.25) is 9.69 Å². The number of carbonyl (C=O) groups is 2. The second-order valence-corrected chi connectivity index (χ2v) is 3.30. The fraction of sp³-hybridized carbons (Fsp3) is 0.750. The average molecular weight is 243 g/mol. The van der Waals surface area contributed by atoms with Gasteiger partial charge in [-0.15, -0.1) is 0 Å². The SMILES string of the molecule is CC(C)OC(=O)N(CC(=O)O)CC(F)(F)F. The second kappa shape index (κ2) is 5.57. The number of alkyl halides is 3. The number of nitrogens with zero attached hydrogens (tertiary/aromatic N) is 1. The molecule has 0 radical (unpaired) electrons. The fourth-order valence-electron chi connectivity index (χ4n) is 0.841.